The Labute approximate surface area is 111 Å². The van der Waals surface area contributed by atoms with Crippen LogP contribution in [-0.4, -0.2) is 71.3 Å². The van der Waals surface area contributed by atoms with E-state index in [-0.39, 0.29) is 18.0 Å². The molecule has 1 N–H and O–H groups in total. The summed E-state index contributed by atoms with van der Waals surface area (Å²) in [4.78, 5) is 31.9. The first kappa shape index (κ1) is 13.8. The summed E-state index contributed by atoms with van der Waals surface area (Å²) in [5.74, 6) is -1.29. The molecule has 0 aliphatic carbocycles. The maximum atomic E-state index is 12.3. The van der Waals surface area contributed by atoms with E-state index in [0.29, 0.717) is 19.1 Å². The number of carboxylic acids is 1. The first-order valence-corrected chi connectivity index (χ1v) is 6.48. The molecule has 0 bridgehead atoms. The van der Waals surface area contributed by atoms with E-state index in [1.54, 1.807) is 4.90 Å². The number of rotatable bonds is 3. The van der Waals surface area contributed by atoms with Crippen LogP contribution in [0.15, 0.2) is 5.16 Å². The number of piperazine rings is 1. The molecule has 2 unspecified atom stereocenters. The minimum absolute atomic E-state index is 0.0529. The summed E-state index contributed by atoms with van der Waals surface area (Å²) in [6, 6.07) is 0.346. The van der Waals surface area contributed by atoms with Crippen LogP contribution in [0.4, 0.5) is 0 Å². The normalized spacial score (nSPS) is 27.9. The molecule has 1 amide bonds. The van der Waals surface area contributed by atoms with E-state index in [2.05, 4.69) is 17.0 Å². The Hall–Kier alpha value is -1.63. The third-order valence-corrected chi connectivity index (χ3v) is 3.75. The Bertz CT molecular complexity index is 410. The Balaban J connectivity index is 1.93. The fourth-order valence-electron chi connectivity index (χ4n) is 2.43. The van der Waals surface area contributed by atoms with Crippen molar-refractivity contribution in [3.8, 4) is 0 Å². The van der Waals surface area contributed by atoms with Crippen LogP contribution in [0, 0.1) is 0 Å². The van der Waals surface area contributed by atoms with Gasteiger partial charge in [0.25, 0.3) is 5.91 Å². The van der Waals surface area contributed by atoms with Crippen LogP contribution >= 0.6 is 0 Å². The summed E-state index contributed by atoms with van der Waals surface area (Å²) in [6.45, 7) is 4.22. The number of oxime groups is 1. The first-order valence-electron chi connectivity index (χ1n) is 6.48. The second kappa shape index (κ2) is 5.56. The lowest BCUT2D eigenvalue weighted by atomic mass is 10.1. The van der Waals surface area contributed by atoms with E-state index in [1.165, 1.54) is 0 Å². The molecule has 0 aromatic heterocycles. The van der Waals surface area contributed by atoms with Crippen molar-refractivity contribution in [3.05, 3.63) is 0 Å². The quantitative estimate of drug-likeness (QED) is 0.765. The van der Waals surface area contributed by atoms with E-state index in [4.69, 9.17) is 9.94 Å². The summed E-state index contributed by atoms with van der Waals surface area (Å²) < 4.78 is 0. The van der Waals surface area contributed by atoms with E-state index in [1.807, 2.05) is 7.05 Å². The molecular weight excluding hydrogens is 250 g/mol. The molecule has 0 radical (unpaired) electrons. The number of carboxylic acid groups (broad SMARTS) is 1. The van der Waals surface area contributed by atoms with Crippen LogP contribution in [0.3, 0.4) is 0 Å². The largest absolute Gasteiger partial charge is 0.477 e. The van der Waals surface area contributed by atoms with Crippen molar-refractivity contribution < 1.29 is 19.5 Å². The second-order valence-electron chi connectivity index (χ2n) is 4.97. The summed E-state index contributed by atoms with van der Waals surface area (Å²) in [5.41, 5.74) is -0.0838. The molecule has 1 fully saturated rings. The summed E-state index contributed by atoms with van der Waals surface area (Å²) in [6.07, 6.45) is 0.256. The zero-order valence-electron chi connectivity index (χ0n) is 11.2. The van der Waals surface area contributed by atoms with Crippen molar-refractivity contribution in [2.45, 2.75) is 31.9 Å². The fraction of sp³-hybridized carbons (Fsp3) is 0.750. The van der Waals surface area contributed by atoms with E-state index in [0.717, 1.165) is 13.0 Å². The number of hydrogen-bond acceptors (Lipinski definition) is 5. The predicted molar refractivity (Wildman–Crippen MR) is 67.8 cm³/mol. The van der Waals surface area contributed by atoms with Crippen molar-refractivity contribution in [2.75, 3.05) is 26.7 Å². The Morgan fingerprint density at radius 3 is 2.79 bits per heavy atom. The van der Waals surface area contributed by atoms with Gasteiger partial charge in [-0.1, -0.05) is 12.1 Å². The number of carbonyl (C=O) groups excluding carboxylic acids is 1. The number of amides is 1. The monoisotopic (exact) mass is 269 g/mol. The highest BCUT2D eigenvalue weighted by Gasteiger charge is 2.36. The van der Waals surface area contributed by atoms with Gasteiger partial charge in [-0.05, 0) is 13.5 Å². The third-order valence-electron chi connectivity index (χ3n) is 3.75. The van der Waals surface area contributed by atoms with Gasteiger partial charge in [0.15, 0.2) is 5.71 Å². The zero-order chi connectivity index (χ0) is 14.0. The molecule has 2 rings (SSSR count). The molecule has 7 nitrogen and oxygen atoms in total. The van der Waals surface area contributed by atoms with Gasteiger partial charge in [-0.15, -0.1) is 0 Å². The topological polar surface area (TPSA) is 82.4 Å². The SMILES string of the molecule is CCC1CN(C(=O)C2CC(C(=O)O)=NO2)CCN1C. The minimum atomic E-state index is -1.12. The molecule has 0 aromatic carbocycles. The fourth-order valence-corrected chi connectivity index (χ4v) is 2.43. The minimum Gasteiger partial charge on any atom is -0.477 e. The van der Waals surface area contributed by atoms with Crippen LogP contribution in [0.25, 0.3) is 0 Å². The van der Waals surface area contributed by atoms with Gasteiger partial charge in [-0.2, -0.15) is 0 Å². The predicted octanol–water partition coefficient (Wildman–Crippen LogP) is -0.231. The Morgan fingerprint density at radius 1 is 1.47 bits per heavy atom. The number of aliphatic carboxylic acids is 1. The number of nitrogens with zero attached hydrogens (tertiary/aromatic N) is 3. The molecule has 7 heteroatoms. The summed E-state index contributed by atoms with van der Waals surface area (Å²) in [5, 5.41) is 12.2. The smallest absolute Gasteiger partial charge is 0.353 e. The van der Waals surface area contributed by atoms with Gasteiger partial charge in [0.1, 0.15) is 0 Å². The molecular formula is C12H19N3O4. The number of hydrogen-bond donors (Lipinski definition) is 1. The maximum Gasteiger partial charge on any atom is 0.353 e. The average Bonchev–Trinajstić information content (AvgIpc) is 2.88. The molecule has 0 aromatic rings. The molecule has 106 valence electrons. The molecule has 2 heterocycles. The summed E-state index contributed by atoms with van der Waals surface area (Å²) in [7, 11) is 2.05. The van der Waals surface area contributed by atoms with Gasteiger partial charge in [0.2, 0.25) is 6.10 Å². The third kappa shape index (κ3) is 2.86. The van der Waals surface area contributed by atoms with Gasteiger partial charge in [0, 0.05) is 32.1 Å². The van der Waals surface area contributed by atoms with Crippen LogP contribution in [0.5, 0.6) is 0 Å². The Kier molecular flexibility index (Phi) is 4.04. The molecule has 2 aliphatic heterocycles. The van der Waals surface area contributed by atoms with E-state index in [9.17, 15) is 9.59 Å². The van der Waals surface area contributed by atoms with Crippen LogP contribution < -0.4 is 0 Å². The second-order valence-corrected chi connectivity index (χ2v) is 4.97. The molecule has 1 saturated heterocycles. The van der Waals surface area contributed by atoms with Gasteiger partial charge in [0.05, 0.1) is 0 Å². The standard InChI is InChI=1S/C12H19N3O4/c1-3-8-7-15(5-4-14(8)2)11(16)10-6-9(12(17)18)13-19-10/h8,10H,3-7H2,1-2H3,(H,17,18). The summed E-state index contributed by atoms with van der Waals surface area (Å²) >= 11 is 0. The van der Waals surface area contributed by atoms with Crippen LogP contribution in [0.2, 0.25) is 0 Å². The lowest BCUT2D eigenvalue weighted by molar-refractivity contribution is -0.144. The van der Waals surface area contributed by atoms with Gasteiger partial charge in [-0.3, -0.25) is 9.69 Å². The lowest BCUT2D eigenvalue weighted by Crippen LogP contribution is -2.55. The number of likely N-dealkylation sites (N-methyl/N-ethyl adjacent to an activating group) is 1. The van der Waals surface area contributed by atoms with Gasteiger partial charge >= 0.3 is 5.97 Å². The molecule has 0 saturated carbocycles. The lowest BCUT2D eigenvalue weighted by Gasteiger charge is -2.39. The van der Waals surface area contributed by atoms with Crippen molar-refractivity contribution in [1.29, 1.82) is 0 Å². The Morgan fingerprint density at radius 2 is 2.21 bits per heavy atom. The molecule has 19 heavy (non-hydrogen) atoms. The zero-order valence-corrected chi connectivity index (χ0v) is 11.2. The van der Waals surface area contributed by atoms with E-state index < -0.39 is 12.1 Å². The van der Waals surface area contributed by atoms with Crippen molar-refractivity contribution in [3.63, 3.8) is 0 Å². The van der Waals surface area contributed by atoms with Gasteiger partial charge < -0.3 is 14.8 Å². The average molecular weight is 269 g/mol. The first-order chi connectivity index (χ1) is 9.02. The van der Waals surface area contributed by atoms with Crippen molar-refractivity contribution in [1.82, 2.24) is 9.80 Å². The molecule has 2 atom stereocenters. The number of carbonyl (C=O) groups is 2. The highest BCUT2D eigenvalue weighted by molar-refractivity contribution is 6.36. The van der Waals surface area contributed by atoms with Crippen LogP contribution in [-0.2, 0) is 14.4 Å². The van der Waals surface area contributed by atoms with Crippen molar-refractivity contribution in [2.24, 2.45) is 5.16 Å². The highest BCUT2D eigenvalue weighted by Crippen LogP contribution is 2.17. The van der Waals surface area contributed by atoms with Crippen LogP contribution in [0.1, 0.15) is 19.8 Å². The van der Waals surface area contributed by atoms with Gasteiger partial charge in [-0.25, -0.2) is 4.79 Å². The van der Waals surface area contributed by atoms with Crippen molar-refractivity contribution >= 4 is 17.6 Å². The highest BCUT2D eigenvalue weighted by atomic mass is 16.6. The molecule has 2 aliphatic rings. The maximum absolute atomic E-state index is 12.3. The molecule has 0 spiro atoms. The van der Waals surface area contributed by atoms with E-state index >= 15 is 0 Å².